The lowest BCUT2D eigenvalue weighted by molar-refractivity contribution is 0.0757. The molecule has 0 atom stereocenters. The van der Waals surface area contributed by atoms with E-state index in [0.717, 1.165) is 12.8 Å². The summed E-state index contributed by atoms with van der Waals surface area (Å²) in [6, 6.07) is 13.8. The zero-order valence-corrected chi connectivity index (χ0v) is 28.6. The summed E-state index contributed by atoms with van der Waals surface area (Å²) >= 11 is 6.17. The fourth-order valence-electron chi connectivity index (χ4n) is 5.14. The first kappa shape index (κ1) is 34.8. The fraction of sp³-hybridized carbons (Fsp3) is 0.485. The van der Waals surface area contributed by atoms with E-state index in [1.54, 1.807) is 54.7 Å². The summed E-state index contributed by atoms with van der Waals surface area (Å²) in [5.41, 5.74) is 1.82. The molecule has 1 amide bonds. The van der Waals surface area contributed by atoms with E-state index in [1.807, 2.05) is 18.7 Å². The minimum Gasteiger partial charge on any atom is -0.486 e. The molecule has 2 aliphatic rings. The van der Waals surface area contributed by atoms with Gasteiger partial charge in [-0.25, -0.2) is 0 Å². The summed E-state index contributed by atoms with van der Waals surface area (Å²) in [4.78, 5) is 28.2. The highest BCUT2D eigenvalue weighted by Crippen LogP contribution is 2.45. The Labute approximate surface area is 281 Å². The Morgan fingerprint density at radius 2 is 1.83 bits per heavy atom. The number of ether oxygens (including phenoxy) is 2. The summed E-state index contributed by atoms with van der Waals surface area (Å²) < 4.78 is 43.5. The maximum atomic E-state index is 13.7. The van der Waals surface area contributed by atoms with Crippen molar-refractivity contribution >= 4 is 33.4 Å². The van der Waals surface area contributed by atoms with Gasteiger partial charge in [0.25, 0.3) is 16.1 Å². The van der Waals surface area contributed by atoms with Gasteiger partial charge in [-0.05, 0) is 69.0 Å². The van der Waals surface area contributed by atoms with Crippen LogP contribution in [0.25, 0.3) is 5.69 Å². The normalized spacial score (nSPS) is 16.3. The summed E-state index contributed by atoms with van der Waals surface area (Å²) in [7, 11) is -3.82. The molecule has 2 aromatic carbocycles. The molecule has 2 N–H and O–H groups in total. The van der Waals surface area contributed by atoms with Crippen LogP contribution in [0.15, 0.2) is 59.5 Å². The molecule has 0 spiro atoms. The maximum Gasteiger partial charge on any atom is 0.316 e. The predicted octanol–water partition coefficient (Wildman–Crippen LogP) is 3.77. The maximum absolute atomic E-state index is 13.7. The van der Waals surface area contributed by atoms with E-state index in [1.165, 1.54) is 8.99 Å². The van der Waals surface area contributed by atoms with Crippen molar-refractivity contribution in [1.82, 2.24) is 24.1 Å². The number of carbonyl (C=O) groups is 1. The van der Waals surface area contributed by atoms with Gasteiger partial charge < -0.3 is 19.7 Å². The smallest absolute Gasteiger partial charge is 0.316 e. The number of amides is 1. The molecule has 1 saturated carbocycles. The van der Waals surface area contributed by atoms with Crippen LogP contribution in [0.5, 0.6) is 5.75 Å². The number of halogens is 1. The van der Waals surface area contributed by atoms with Gasteiger partial charge in [-0.3, -0.25) is 9.59 Å². The fourth-order valence-corrected chi connectivity index (χ4v) is 6.50. The first-order valence-corrected chi connectivity index (χ1v) is 17.8. The summed E-state index contributed by atoms with van der Waals surface area (Å²) in [6.07, 6.45) is 4.51. The third kappa shape index (κ3) is 9.32. The van der Waals surface area contributed by atoms with Crippen LogP contribution >= 0.6 is 11.6 Å². The molecule has 3 aromatic rings. The molecule has 47 heavy (non-hydrogen) atoms. The van der Waals surface area contributed by atoms with Gasteiger partial charge in [-0.2, -0.15) is 27.2 Å². The number of piperazine rings is 1. The van der Waals surface area contributed by atoms with Crippen LogP contribution in [0.4, 0.5) is 5.69 Å². The zero-order chi connectivity index (χ0) is 33.6. The number of anilines is 1. The monoisotopic (exact) mass is 686 g/mol. The lowest BCUT2D eigenvalue weighted by Crippen LogP contribution is -2.52. The van der Waals surface area contributed by atoms with Crippen molar-refractivity contribution in [3.63, 3.8) is 0 Å². The average Bonchev–Trinajstić information content (AvgIpc) is 3.79. The van der Waals surface area contributed by atoms with E-state index >= 15 is 0 Å². The predicted molar refractivity (Wildman–Crippen MR) is 182 cm³/mol. The lowest BCUT2D eigenvalue weighted by Gasteiger charge is -2.35. The van der Waals surface area contributed by atoms with Gasteiger partial charge in [-0.1, -0.05) is 36.7 Å². The van der Waals surface area contributed by atoms with E-state index in [0.29, 0.717) is 66.8 Å². The molecule has 1 aromatic heterocycles. The van der Waals surface area contributed by atoms with Crippen LogP contribution < -0.4 is 25.2 Å². The van der Waals surface area contributed by atoms with Crippen molar-refractivity contribution in [1.29, 1.82) is 0 Å². The van der Waals surface area contributed by atoms with Crippen molar-refractivity contribution in [2.24, 2.45) is 5.41 Å². The highest BCUT2D eigenvalue weighted by molar-refractivity contribution is 7.87. The van der Waals surface area contributed by atoms with E-state index in [2.05, 4.69) is 22.1 Å². The van der Waals surface area contributed by atoms with E-state index in [-0.39, 0.29) is 42.8 Å². The molecule has 1 saturated heterocycles. The van der Waals surface area contributed by atoms with Crippen molar-refractivity contribution in [2.45, 2.75) is 52.7 Å². The van der Waals surface area contributed by atoms with Crippen LogP contribution in [0.2, 0.25) is 5.02 Å². The molecule has 254 valence electrons. The highest BCUT2D eigenvalue weighted by Gasteiger charge is 2.39. The molecule has 0 bridgehead atoms. The Balaban J connectivity index is 1.20. The van der Waals surface area contributed by atoms with Gasteiger partial charge in [0, 0.05) is 61.9 Å². The van der Waals surface area contributed by atoms with Crippen molar-refractivity contribution in [3.05, 3.63) is 81.2 Å². The average molecular weight is 687 g/mol. The van der Waals surface area contributed by atoms with Gasteiger partial charge in [0.15, 0.2) is 0 Å². The van der Waals surface area contributed by atoms with Crippen LogP contribution in [-0.2, 0) is 21.5 Å². The topological polar surface area (TPSA) is 135 Å². The van der Waals surface area contributed by atoms with Crippen LogP contribution in [0.3, 0.4) is 0 Å². The second kappa shape index (κ2) is 15.2. The van der Waals surface area contributed by atoms with E-state index in [9.17, 15) is 18.0 Å². The zero-order valence-electron chi connectivity index (χ0n) is 27.1. The summed E-state index contributed by atoms with van der Waals surface area (Å²) in [5.74, 6) is -0.0324. The molecule has 14 heteroatoms. The first-order valence-electron chi connectivity index (χ1n) is 15.9. The highest BCUT2D eigenvalue weighted by atomic mass is 35.5. The Bertz CT molecular complexity index is 1720. The quantitative estimate of drug-likeness (QED) is 0.231. The second-order valence-corrected chi connectivity index (χ2v) is 14.8. The third-order valence-electron chi connectivity index (χ3n) is 8.26. The third-order valence-corrected chi connectivity index (χ3v) is 10.1. The Kier molecular flexibility index (Phi) is 11.2. The van der Waals surface area contributed by atoms with Gasteiger partial charge in [0.05, 0.1) is 24.6 Å². The van der Waals surface area contributed by atoms with Crippen molar-refractivity contribution < 1.29 is 22.7 Å². The molecular weight excluding hydrogens is 644 g/mol. The molecule has 0 radical (unpaired) electrons. The summed E-state index contributed by atoms with van der Waals surface area (Å²) in [6.45, 7) is 8.62. The Morgan fingerprint density at radius 1 is 1.09 bits per heavy atom. The largest absolute Gasteiger partial charge is 0.486 e. The Hall–Kier alpha value is -3.49. The molecule has 2 heterocycles. The lowest BCUT2D eigenvalue weighted by atomic mass is 10.1. The standard InChI is InChI=1S/C33H43ClN6O6S/c1-24(2)45-18-6-13-35-31(41)26-8-4-7-25(19-26)21-37-47(43,44)39-16-14-38(15-17-39)29-22-36-40(28-10-5-9-27(34)20-28)32(42)30(29)46-23-33(3)11-12-33/h4-5,7-10,19-20,22,24,37H,6,11-18,21,23H2,1-3H3,(H,35,41). The minimum atomic E-state index is -3.82. The number of aromatic nitrogens is 2. The van der Waals surface area contributed by atoms with E-state index in [4.69, 9.17) is 21.1 Å². The molecule has 1 aliphatic heterocycles. The van der Waals surface area contributed by atoms with Crippen LogP contribution in [0.1, 0.15) is 56.0 Å². The molecule has 2 fully saturated rings. The molecule has 1 aliphatic carbocycles. The number of nitrogens with zero attached hydrogens (tertiary/aromatic N) is 4. The van der Waals surface area contributed by atoms with Crippen LogP contribution in [-0.4, -0.2) is 80.5 Å². The molecular formula is C33H43ClN6O6S. The number of rotatable bonds is 15. The van der Waals surface area contributed by atoms with Crippen molar-refractivity contribution in [3.8, 4) is 11.4 Å². The van der Waals surface area contributed by atoms with Gasteiger partial charge in [-0.15, -0.1) is 0 Å². The van der Waals surface area contributed by atoms with Gasteiger partial charge in [0.2, 0.25) is 5.75 Å². The minimum absolute atomic E-state index is 0.0360. The molecule has 0 unspecified atom stereocenters. The first-order chi connectivity index (χ1) is 22.4. The SMILES string of the molecule is CC(C)OCCCNC(=O)c1cccc(CNS(=O)(=O)N2CCN(c3cnn(-c4cccc(Cl)c4)c(=O)c3OCC3(C)CC3)CC2)c1. The number of carbonyl (C=O) groups excluding carboxylic acids is 1. The van der Waals surface area contributed by atoms with Crippen LogP contribution in [0, 0.1) is 5.41 Å². The van der Waals surface area contributed by atoms with Gasteiger partial charge >= 0.3 is 5.56 Å². The van der Waals surface area contributed by atoms with Gasteiger partial charge in [0.1, 0.15) is 5.69 Å². The number of benzene rings is 2. The second-order valence-electron chi connectivity index (χ2n) is 12.6. The molecule has 5 rings (SSSR count). The van der Waals surface area contributed by atoms with Crippen molar-refractivity contribution in [2.75, 3.05) is 50.8 Å². The molecule has 12 nitrogen and oxygen atoms in total. The summed E-state index contributed by atoms with van der Waals surface area (Å²) in [5, 5.41) is 7.77. The Morgan fingerprint density at radius 3 is 2.53 bits per heavy atom. The number of nitrogens with one attached hydrogen (secondary N) is 2. The number of hydrogen-bond acceptors (Lipinski definition) is 8. The number of hydrogen-bond donors (Lipinski definition) is 2. The van der Waals surface area contributed by atoms with E-state index < -0.39 is 15.8 Å².